The van der Waals surface area contributed by atoms with Crippen LogP contribution in [0.15, 0.2) is 273 Å². The molecular weight excluding hydrogens is 1030 g/mol. The first kappa shape index (κ1) is 46.6. The van der Waals surface area contributed by atoms with E-state index < -0.39 is 0 Å². The minimum atomic E-state index is 0.596. The van der Waals surface area contributed by atoms with Gasteiger partial charge in [0.25, 0.3) is 0 Å². The van der Waals surface area contributed by atoms with E-state index >= 15 is 0 Å². The summed E-state index contributed by atoms with van der Waals surface area (Å²) in [7, 11) is 0. The van der Waals surface area contributed by atoms with Crippen LogP contribution in [-0.4, -0.2) is 24.1 Å². The molecule has 17 aromatic rings. The molecule has 5 aromatic heterocycles. The third-order valence-electron chi connectivity index (χ3n) is 16.4. The van der Waals surface area contributed by atoms with E-state index in [1.165, 1.54) is 62.2 Å². The quantitative estimate of drug-likeness (QED) is 0.152. The molecule has 5 nitrogen and oxygen atoms in total. The van der Waals surface area contributed by atoms with E-state index in [4.69, 9.17) is 15.0 Å². The molecule has 0 radical (unpaired) electrons. The monoisotopic (exact) mass is 1080 g/mol. The third kappa shape index (κ3) is 7.48. The van der Waals surface area contributed by atoms with Crippen molar-refractivity contribution in [3.63, 3.8) is 0 Å². The van der Waals surface area contributed by atoms with Crippen molar-refractivity contribution in [1.82, 2.24) is 24.1 Å². The van der Waals surface area contributed by atoms with E-state index in [9.17, 15) is 0 Å². The van der Waals surface area contributed by atoms with Crippen molar-refractivity contribution in [2.24, 2.45) is 0 Å². The number of hydrogen-bond acceptors (Lipinski definition) is 5. The Hall–Kier alpha value is -10.3. The van der Waals surface area contributed by atoms with Gasteiger partial charge in [-0.1, -0.05) is 200 Å². The smallest absolute Gasteiger partial charge is 0.164 e. The van der Waals surface area contributed by atoms with Gasteiger partial charge in [0.05, 0.1) is 27.8 Å². The Kier molecular flexibility index (Phi) is 10.6. The Morgan fingerprint density at radius 1 is 0.232 bits per heavy atom. The average Bonchev–Trinajstić information content (AvgIpc) is 3.70. The third-order valence-corrected chi connectivity index (χ3v) is 18.6. The molecule has 0 saturated heterocycles. The zero-order chi connectivity index (χ0) is 53.8. The van der Waals surface area contributed by atoms with E-state index in [0.717, 1.165) is 83.3 Å². The van der Waals surface area contributed by atoms with Crippen LogP contribution in [0.25, 0.3) is 163 Å². The van der Waals surface area contributed by atoms with Crippen molar-refractivity contribution in [2.75, 3.05) is 0 Å². The maximum Gasteiger partial charge on any atom is 0.164 e. The predicted octanol–water partition coefficient (Wildman–Crippen LogP) is 20.8. The van der Waals surface area contributed by atoms with E-state index in [0.29, 0.717) is 17.5 Å². The van der Waals surface area contributed by atoms with Gasteiger partial charge in [-0.2, -0.15) is 0 Å². The van der Waals surface area contributed by atoms with Crippen LogP contribution in [-0.2, 0) is 0 Å². The van der Waals surface area contributed by atoms with Crippen molar-refractivity contribution in [2.45, 2.75) is 0 Å². The van der Waals surface area contributed by atoms with Crippen LogP contribution in [0.3, 0.4) is 0 Å². The molecule has 17 rings (SSSR count). The summed E-state index contributed by atoms with van der Waals surface area (Å²) < 4.78 is 9.84. The second-order valence-electron chi connectivity index (χ2n) is 21.1. The Morgan fingerprint density at radius 3 is 1.20 bits per heavy atom. The summed E-state index contributed by atoms with van der Waals surface area (Å²) in [5, 5.41) is 9.77. The van der Waals surface area contributed by atoms with Crippen LogP contribution in [0.4, 0.5) is 0 Å². The molecule has 0 saturated carbocycles. The van der Waals surface area contributed by atoms with Crippen molar-refractivity contribution in [1.29, 1.82) is 0 Å². The van der Waals surface area contributed by atoms with Gasteiger partial charge >= 0.3 is 0 Å². The summed E-state index contributed by atoms with van der Waals surface area (Å²) >= 11 is 3.60. The number of rotatable bonds is 8. The highest BCUT2D eigenvalue weighted by atomic mass is 32.1. The van der Waals surface area contributed by atoms with E-state index in [1.54, 1.807) is 22.7 Å². The standard InChI is InChI=1S/C75H45N5S2/c1-4-18-46(19-5-1)49-32-36-56-63-45-53(79-64-28-14-10-24-54(64)55-25-11-15-29-65(55)79)35-39-66(63)80(67(56)42-49)72-61(47-20-6-2-7-21-47)40-52(41-62(72)48-22-8-3-9-23-48)75-77-73(50-33-37-59-57-26-12-16-30-68(57)81-70(59)43-50)76-74(78-75)51-34-38-60-58-27-13-17-31-69(58)82-71(60)44-51/h1-45H. The number of benzene rings is 12. The van der Waals surface area contributed by atoms with Gasteiger partial charge in [0.2, 0.25) is 0 Å². The largest absolute Gasteiger partial charge is 0.309 e. The summed E-state index contributed by atoms with van der Waals surface area (Å²) in [5.41, 5.74) is 16.1. The summed E-state index contributed by atoms with van der Waals surface area (Å²) in [6.45, 7) is 0. The van der Waals surface area contributed by atoms with Crippen molar-refractivity contribution in [3.05, 3.63) is 273 Å². The van der Waals surface area contributed by atoms with Gasteiger partial charge in [0.15, 0.2) is 17.5 Å². The highest BCUT2D eigenvalue weighted by molar-refractivity contribution is 7.26. The molecule has 0 unspecified atom stereocenters. The zero-order valence-electron chi connectivity index (χ0n) is 44.0. The molecule has 7 heteroatoms. The fourth-order valence-corrected chi connectivity index (χ4v) is 14.9. The minimum Gasteiger partial charge on any atom is -0.309 e. The first-order valence-electron chi connectivity index (χ1n) is 27.6. The zero-order valence-corrected chi connectivity index (χ0v) is 45.7. The number of fused-ring (bicyclic) bond motifs is 12. The first-order valence-corrected chi connectivity index (χ1v) is 29.3. The highest BCUT2D eigenvalue weighted by Gasteiger charge is 2.25. The van der Waals surface area contributed by atoms with Gasteiger partial charge in [0.1, 0.15) is 0 Å². The van der Waals surface area contributed by atoms with Gasteiger partial charge in [-0.05, 0) is 95.1 Å². The van der Waals surface area contributed by atoms with Crippen LogP contribution >= 0.6 is 22.7 Å². The molecule has 0 N–H and O–H groups in total. The topological polar surface area (TPSA) is 48.5 Å². The highest BCUT2D eigenvalue weighted by Crippen LogP contribution is 2.46. The summed E-state index contributed by atoms with van der Waals surface area (Å²) in [6.07, 6.45) is 0. The Bertz CT molecular complexity index is 5160. The van der Waals surface area contributed by atoms with Crippen molar-refractivity contribution >= 4 is 107 Å². The van der Waals surface area contributed by atoms with Gasteiger partial charge in [0, 0.05) is 95.4 Å². The number of para-hydroxylation sites is 2. The molecule has 382 valence electrons. The maximum absolute atomic E-state index is 5.52. The Morgan fingerprint density at radius 2 is 0.646 bits per heavy atom. The van der Waals surface area contributed by atoms with Gasteiger partial charge in [-0.3, -0.25) is 0 Å². The lowest BCUT2D eigenvalue weighted by molar-refractivity contribution is 1.07. The molecule has 0 spiro atoms. The summed E-state index contributed by atoms with van der Waals surface area (Å²) in [4.78, 5) is 16.4. The Balaban J connectivity index is 0.945. The number of hydrogen-bond donors (Lipinski definition) is 0. The van der Waals surface area contributed by atoms with Gasteiger partial charge in [-0.25, -0.2) is 15.0 Å². The van der Waals surface area contributed by atoms with Crippen LogP contribution in [0.5, 0.6) is 0 Å². The molecule has 5 heterocycles. The van der Waals surface area contributed by atoms with Crippen LogP contribution in [0.1, 0.15) is 0 Å². The summed E-state index contributed by atoms with van der Waals surface area (Å²) in [6, 6.07) is 99.1. The van der Waals surface area contributed by atoms with E-state index in [-0.39, 0.29) is 0 Å². The number of nitrogens with zero attached hydrogens (tertiary/aromatic N) is 5. The van der Waals surface area contributed by atoms with Crippen molar-refractivity contribution < 1.29 is 0 Å². The number of aromatic nitrogens is 5. The van der Waals surface area contributed by atoms with Crippen LogP contribution < -0.4 is 0 Å². The second-order valence-corrected chi connectivity index (χ2v) is 23.2. The fraction of sp³-hybridized carbons (Fsp3) is 0. The van der Waals surface area contributed by atoms with Crippen LogP contribution in [0, 0.1) is 0 Å². The number of thiophene rings is 2. The second kappa shape index (κ2) is 18.6. The lowest BCUT2D eigenvalue weighted by atomic mass is 9.92. The minimum absolute atomic E-state index is 0.596. The molecule has 82 heavy (non-hydrogen) atoms. The first-order chi connectivity index (χ1) is 40.6. The fourth-order valence-electron chi connectivity index (χ4n) is 12.6. The molecule has 0 aliphatic carbocycles. The molecule has 0 aliphatic heterocycles. The Labute approximate surface area is 479 Å². The lowest BCUT2D eigenvalue weighted by Gasteiger charge is -2.21. The average molecular weight is 1080 g/mol. The van der Waals surface area contributed by atoms with Crippen LogP contribution in [0.2, 0.25) is 0 Å². The van der Waals surface area contributed by atoms with Gasteiger partial charge < -0.3 is 9.13 Å². The molecule has 0 amide bonds. The van der Waals surface area contributed by atoms with E-state index in [1.807, 2.05) is 0 Å². The molecule has 0 aliphatic rings. The van der Waals surface area contributed by atoms with Crippen molar-refractivity contribution in [3.8, 4) is 78.9 Å². The maximum atomic E-state index is 5.52. The lowest BCUT2D eigenvalue weighted by Crippen LogP contribution is -2.04. The molecule has 0 bridgehead atoms. The molecule has 0 atom stereocenters. The molecule has 12 aromatic carbocycles. The summed E-state index contributed by atoms with van der Waals surface area (Å²) in [5.74, 6) is 1.84. The van der Waals surface area contributed by atoms with E-state index in [2.05, 4.69) is 282 Å². The molecular formula is C75H45N5S2. The normalized spacial score (nSPS) is 11.9. The SMILES string of the molecule is c1ccc(-c2ccc3c4cc(-n5c6ccccc6c6ccccc65)ccc4n(-c4c(-c5ccccc5)cc(-c5nc(-c6ccc7c(c6)sc6ccccc67)nc(-c6ccc7c(c6)sc6ccccc67)n5)cc4-c4ccccc4)c3c2)cc1. The molecule has 0 fully saturated rings. The predicted molar refractivity (Wildman–Crippen MR) is 347 cm³/mol. The van der Waals surface area contributed by atoms with Gasteiger partial charge in [-0.15, -0.1) is 22.7 Å².